The van der Waals surface area contributed by atoms with Crippen LogP contribution >= 0.6 is 50.5 Å². The van der Waals surface area contributed by atoms with Crippen LogP contribution in [0, 0.1) is 0 Å². The molecule has 3 aromatic rings. The van der Waals surface area contributed by atoms with Gasteiger partial charge in [0, 0.05) is 38.1 Å². The van der Waals surface area contributed by atoms with E-state index >= 15 is 0 Å². The van der Waals surface area contributed by atoms with Crippen molar-refractivity contribution in [1.29, 1.82) is 0 Å². The first kappa shape index (κ1) is 30.1. The fourth-order valence-corrected chi connectivity index (χ4v) is 7.17. The van der Waals surface area contributed by atoms with Crippen LogP contribution in [0.2, 0.25) is 10.0 Å². The molecular weight excluding hydrogens is 627 g/mol. The van der Waals surface area contributed by atoms with Gasteiger partial charge in [-0.25, -0.2) is 9.97 Å². The van der Waals surface area contributed by atoms with Crippen molar-refractivity contribution in [1.82, 2.24) is 19.8 Å². The summed E-state index contributed by atoms with van der Waals surface area (Å²) in [5.41, 5.74) is 1.15. The third kappa shape index (κ3) is 6.89. The lowest BCUT2D eigenvalue weighted by Gasteiger charge is -2.33. The number of aromatic nitrogens is 2. The number of nitrogens with one attached hydrogen (secondary N) is 2. The second kappa shape index (κ2) is 14.1. The molecule has 1 aliphatic heterocycles. The van der Waals surface area contributed by atoms with E-state index in [1.165, 1.54) is 64.5 Å². The lowest BCUT2D eigenvalue weighted by Crippen LogP contribution is -2.46. The number of piperazine rings is 1. The van der Waals surface area contributed by atoms with Crippen LogP contribution in [-0.2, 0) is 0 Å². The number of fused-ring (bicyclic) bond motifs is 1. The van der Waals surface area contributed by atoms with Crippen molar-refractivity contribution in [3.8, 4) is 11.5 Å². The van der Waals surface area contributed by atoms with E-state index in [4.69, 9.17) is 32.7 Å². The number of carbonyl (C=O) groups is 1. The number of likely N-dealkylation sites (N-methyl/N-ethyl adjacent to an activating group) is 1. The molecule has 0 aliphatic carbocycles. The number of methoxy groups -OCH3 is 2. The summed E-state index contributed by atoms with van der Waals surface area (Å²) in [6.45, 7) is 10.0. The van der Waals surface area contributed by atoms with Crippen molar-refractivity contribution >= 4 is 78.1 Å². The van der Waals surface area contributed by atoms with Gasteiger partial charge in [0.1, 0.15) is 26.7 Å². The molecule has 2 N–H and O–H groups in total. The molecule has 1 saturated heterocycles. The fraction of sp³-hybridized carbons (Fsp3) is 0.500. The minimum absolute atomic E-state index is 0.156. The molecular formula is C26H33BrCl2N6O3S. The molecule has 0 atom stereocenters. The molecule has 1 amide bonds. The number of hydrogen-bond acceptors (Lipinski definition) is 9. The third-order valence-electron chi connectivity index (χ3n) is 6.84. The first-order valence-electron chi connectivity index (χ1n) is 12.9. The van der Waals surface area contributed by atoms with Crippen molar-refractivity contribution in [3.05, 3.63) is 31.8 Å². The highest BCUT2D eigenvalue weighted by molar-refractivity contribution is 9.10. The Morgan fingerprint density at radius 2 is 1.72 bits per heavy atom. The van der Waals surface area contributed by atoms with Crippen molar-refractivity contribution in [2.45, 2.75) is 26.2 Å². The van der Waals surface area contributed by atoms with Crippen LogP contribution in [0.15, 0.2) is 16.2 Å². The van der Waals surface area contributed by atoms with Crippen molar-refractivity contribution in [3.63, 3.8) is 0 Å². The molecule has 1 aliphatic rings. The van der Waals surface area contributed by atoms with Gasteiger partial charge in [-0.15, -0.1) is 11.3 Å². The van der Waals surface area contributed by atoms with E-state index in [0.29, 0.717) is 27.1 Å². The number of hydrogen-bond donors (Lipinski definition) is 2. The van der Waals surface area contributed by atoms with Crippen LogP contribution in [0.1, 0.15) is 36.5 Å². The Labute approximate surface area is 251 Å². The molecule has 1 fully saturated rings. The van der Waals surface area contributed by atoms with Crippen LogP contribution in [-0.4, -0.2) is 85.7 Å². The summed E-state index contributed by atoms with van der Waals surface area (Å²) in [5, 5.41) is 8.30. The summed E-state index contributed by atoms with van der Waals surface area (Å²) >= 11 is 17.8. The van der Waals surface area contributed by atoms with E-state index in [0.717, 1.165) is 43.0 Å². The molecule has 4 rings (SSSR count). The first-order chi connectivity index (χ1) is 18.9. The Balaban J connectivity index is 1.36. The Morgan fingerprint density at radius 3 is 2.36 bits per heavy atom. The normalized spacial score (nSPS) is 14.5. The Hall–Kier alpha value is -1.89. The van der Waals surface area contributed by atoms with Gasteiger partial charge in [0.25, 0.3) is 5.91 Å². The zero-order valence-corrected chi connectivity index (χ0v) is 26.2. The zero-order valence-electron chi connectivity index (χ0n) is 22.3. The highest BCUT2D eigenvalue weighted by Crippen LogP contribution is 2.50. The summed E-state index contributed by atoms with van der Waals surface area (Å²) in [6, 6.07) is 0. The maximum atomic E-state index is 13.3. The quantitative estimate of drug-likeness (QED) is 0.221. The van der Waals surface area contributed by atoms with Crippen LogP contribution in [0.25, 0.3) is 10.2 Å². The first-order valence-corrected chi connectivity index (χ1v) is 15.3. The predicted molar refractivity (Wildman–Crippen MR) is 164 cm³/mol. The molecule has 0 radical (unpaired) electrons. The molecule has 212 valence electrons. The molecule has 3 heterocycles. The average molecular weight is 660 g/mol. The summed E-state index contributed by atoms with van der Waals surface area (Å²) in [7, 11) is 2.94. The van der Waals surface area contributed by atoms with E-state index in [9.17, 15) is 4.79 Å². The van der Waals surface area contributed by atoms with Crippen molar-refractivity contribution in [2.75, 3.05) is 70.7 Å². The van der Waals surface area contributed by atoms with Gasteiger partial charge in [0.05, 0.1) is 35.7 Å². The van der Waals surface area contributed by atoms with Gasteiger partial charge in [-0.1, -0.05) is 36.5 Å². The summed E-state index contributed by atoms with van der Waals surface area (Å²) < 4.78 is 12.0. The number of ether oxygens (including phenoxy) is 2. The highest BCUT2D eigenvalue weighted by atomic mass is 79.9. The van der Waals surface area contributed by atoms with Crippen LogP contribution in [0.3, 0.4) is 0 Å². The summed E-state index contributed by atoms with van der Waals surface area (Å²) in [6.07, 6.45) is 4.85. The number of benzene rings is 1. The minimum Gasteiger partial charge on any atom is -0.494 e. The van der Waals surface area contributed by atoms with E-state index < -0.39 is 5.91 Å². The second-order valence-electron chi connectivity index (χ2n) is 9.15. The molecule has 0 unspecified atom stereocenters. The second-order valence-corrected chi connectivity index (χ2v) is 11.6. The molecule has 0 saturated carbocycles. The molecule has 0 bridgehead atoms. The van der Waals surface area contributed by atoms with Gasteiger partial charge in [-0.05, 0) is 41.9 Å². The third-order valence-corrected chi connectivity index (χ3v) is 9.25. The molecule has 1 aromatic carbocycles. The van der Waals surface area contributed by atoms with Gasteiger partial charge in [-0.2, -0.15) is 0 Å². The number of carbonyl (C=O) groups excluding carboxylic acids is 1. The monoisotopic (exact) mass is 658 g/mol. The molecule has 0 spiro atoms. The van der Waals surface area contributed by atoms with Crippen molar-refractivity contribution < 1.29 is 14.3 Å². The summed E-state index contributed by atoms with van der Waals surface area (Å²) in [5.74, 6) is 0.927. The average Bonchev–Trinajstić information content (AvgIpc) is 3.39. The minimum atomic E-state index is -0.402. The molecule has 9 nitrogen and oxygen atoms in total. The van der Waals surface area contributed by atoms with Gasteiger partial charge >= 0.3 is 0 Å². The SMILES string of the molecule is CCN1CCN(CCCCCNc2ncnc3c(C(=O)Nc4c(Cl)c(OC)c(Br)c(OC)c4Cl)csc23)CC1. The largest absolute Gasteiger partial charge is 0.494 e. The number of unbranched alkanes of at least 4 members (excludes halogenated alkanes) is 2. The van der Waals surface area contributed by atoms with Gasteiger partial charge in [-0.3, -0.25) is 4.79 Å². The van der Waals surface area contributed by atoms with Gasteiger partial charge in [0.15, 0.2) is 11.5 Å². The fourth-order valence-electron chi connectivity index (χ4n) is 4.58. The lowest BCUT2D eigenvalue weighted by molar-refractivity contribution is 0.102. The maximum absolute atomic E-state index is 13.3. The number of nitrogens with zero attached hydrogens (tertiary/aromatic N) is 4. The molecule has 13 heteroatoms. The lowest BCUT2D eigenvalue weighted by atomic mass is 10.2. The standard InChI is InChI=1S/C26H33BrCl2N6O3S/c1-4-34-10-12-35(13-11-34)9-7-5-6-8-30-25-24-20(31-15-32-25)16(14-39-24)26(36)33-21-18(28)22(37-2)17(27)23(38-3)19(21)29/h14-15H,4-13H2,1-3H3,(H,33,36)(H,30,31,32). The van der Waals surface area contributed by atoms with Crippen LogP contribution in [0.4, 0.5) is 11.5 Å². The van der Waals surface area contributed by atoms with Gasteiger partial charge in [0.2, 0.25) is 0 Å². The molecule has 39 heavy (non-hydrogen) atoms. The topological polar surface area (TPSA) is 91.9 Å². The zero-order chi connectivity index (χ0) is 27.9. The van der Waals surface area contributed by atoms with Crippen LogP contribution in [0.5, 0.6) is 11.5 Å². The number of halogens is 3. The smallest absolute Gasteiger partial charge is 0.258 e. The van der Waals surface area contributed by atoms with E-state index in [1.54, 1.807) is 5.38 Å². The van der Waals surface area contributed by atoms with E-state index in [2.05, 4.69) is 53.3 Å². The summed E-state index contributed by atoms with van der Waals surface area (Å²) in [4.78, 5) is 27.1. The Kier molecular flexibility index (Phi) is 10.9. The van der Waals surface area contributed by atoms with E-state index in [-0.39, 0.29) is 15.7 Å². The van der Waals surface area contributed by atoms with E-state index in [1.807, 2.05) is 0 Å². The predicted octanol–water partition coefficient (Wildman–Crippen LogP) is 6.25. The van der Waals surface area contributed by atoms with Crippen molar-refractivity contribution in [2.24, 2.45) is 0 Å². The molecule has 2 aromatic heterocycles. The number of rotatable bonds is 12. The Bertz CT molecular complexity index is 1270. The number of anilines is 2. The van der Waals surface area contributed by atoms with Crippen LogP contribution < -0.4 is 20.1 Å². The maximum Gasteiger partial charge on any atom is 0.258 e. The Morgan fingerprint density at radius 1 is 1.05 bits per heavy atom. The number of amides is 1. The highest BCUT2D eigenvalue weighted by Gasteiger charge is 2.25. The van der Waals surface area contributed by atoms with Gasteiger partial charge < -0.3 is 29.9 Å². The number of thiophene rings is 1.